The monoisotopic (exact) mass is 366 g/mol. The van der Waals surface area contributed by atoms with Crippen molar-refractivity contribution in [2.45, 2.75) is 18.4 Å². The second kappa shape index (κ2) is 5.82. The van der Waals surface area contributed by atoms with Crippen LogP contribution >= 0.6 is 15.9 Å². The number of halogens is 1. The van der Waals surface area contributed by atoms with Gasteiger partial charge in [-0.15, -0.1) is 0 Å². The summed E-state index contributed by atoms with van der Waals surface area (Å²) >= 11 is 3.45. The summed E-state index contributed by atoms with van der Waals surface area (Å²) in [5.74, 6) is -0.0781. The van der Waals surface area contributed by atoms with Crippen molar-refractivity contribution >= 4 is 32.7 Å². The van der Waals surface area contributed by atoms with E-state index >= 15 is 0 Å². The number of carbonyl (C=O) groups is 1. The van der Waals surface area contributed by atoms with E-state index in [0.717, 1.165) is 10.0 Å². The quantitative estimate of drug-likeness (QED) is 0.569. The smallest absolute Gasteiger partial charge is 0.307 e. The van der Waals surface area contributed by atoms with Gasteiger partial charge in [-0.2, -0.15) is 0 Å². The second-order valence-corrected chi connectivity index (χ2v) is 6.76. The molecule has 0 bridgehead atoms. The molecule has 114 valence electrons. The molecule has 1 aliphatic rings. The highest BCUT2D eigenvalue weighted by Crippen LogP contribution is 2.44. The fourth-order valence-electron chi connectivity index (χ4n) is 3.36. The molecule has 2 atom stereocenters. The van der Waals surface area contributed by atoms with Gasteiger partial charge in [-0.05, 0) is 34.0 Å². The van der Waals surface area contributed by atoms with E-state index in [1.165, 1.54) is 16.3 Å². The third-order valence-electron chi connectivity index (χ3n) is 4.43. The molecule has 0 unspecified atom stereocenters. The van der Waals surface area contributed by atoms with Crippen molar-refractivity contribution in [1.82, 2.24) is 0 Å². The lowest BCUT2D eigenvalue weighted by molar-refractivity contribution is -0.141. The van der Waals surface area contributed by atoms with Gasteiger partial charge < -0.3 is 4.74 Å². The second-order valence-electron chi connectivity index (χ2n) is 5.84. The van der Waals surface area contributed by atoms with Crippen LogP contribution < -0.4 is 0 Å². The SMILES string of the molecule is O=C1C[C@H](c2cccc3ccccc23)[C@H](c2ccc(Br)cc2)O1. The first-order valence-corrected chi connectivity index (χ1v) is 8.44. The van der Waals surface area contributed by atoms with E-state index in [-0.39, 0.29) is 18.0 Å². The Balaban J connectivity index is 1.82. The lowest BCUT2D eigenvalue weighted by atomic mass is 9.86. The predicted molar refractivity (Wildman–Crippen MR) is 94.3 cm³/mol. The first kappa shape index (κ1) is 14.5. The maximum atomic E-state index is 12.0. The summed E-state index contributed by atoms with van der Waals surface area (Å²) in [7, 11) is 0. The van der Waals surface area contributed by atoms with Crippen molar-refractivity contribution in [1.29, 1.82) is 0 Å². The first-order valence-electron chi connectivity index (χ1n) is 7.65. The molecule has 3 aromatic carbocycles. The molecule has 3 heteroatoms. The average molecular weight is 367 g/mol. The van der Waals surface area contributed by atoms with Crippen LogP contribution in [0.3, 0.4) is 0 Å². The van der Waals surface area contributed by atoms with Gasteiger partial charge >= 0.3 is 5.97 Å². The minimum absolute atomic E-state index is 0.0507. The fraction of sp³-hybridized carbons (Fsp3) is 0.150. The Labute approximate surface area is 143 Å². The maximum absolute atomic E-state index is 12.0. The molecule has 0 spiro atoms. The largest absolute Gasteiger partial charge is 0.457 e. The molecule has 23 heavy (non-hydrogen) atoms. The summed E-state index contributed by atoms with van der Waals surface area (Å²) < 4.78 is 6.67. The molecule has 1 saturated heterocycles. The first-order chi connectivity index (χ1) is 11.2. The van der Waals surface area contributed by atoms with Crippen molar-refractivity contribution in [2.75, 3.05) is 0 Å². The van der Waals surface area contributed by atoms with Gasteiger partial charge in [0.15, 0.2) is 0 Å². The third kappa shape index (κ3) is 2.66. The third-order valence-corrected chi connectivity index (χ3v) is 4.96. The summed E-state index contributed by atoms with van der Waals surface area (Å²) in [4.78, 5) is 12.0. The summed E-state index contributed by atoms with van der Waals surface area (Å²) in [5, 5.41) is 2.39. The van der Waals surface area contributed by atoms with Gasteiger partial charge in [-0.25, -0.2) is 0 Å². The van der Waals surface area contributed by atoms with Crippen molar-refractivity contribution in [3.8, 4) is 0 Å². The van der Waals surface area contributed by atoms with Crippen molar-refractivity contribution in [2.24, 2.45) is 0 Å². The molecule has 0 saturated carbocycles. The molecule has 1 fully saturated rings. The minimum Gasteiger partial charge on any atom is -0.457 e. The number of hydrogen-bond donors (Lipinski definition) is 0. The van der Waals surface area contributed by atoms with E-state index in [1.807, 2.05) is 36.4 Å². The number of cyclic esters (lactones) is 1. The molecule has 0 aromatic heterocycles. The Morgan fingerprint density at radius 3 is 2.48 bits per heavy atom. The number of carbonyl (C=O) groups excluding carboxylic acids is 1. The topological polar surface area (TPSA) is 26.3 Å². The van der Waals surface area contributed by atoms with Gasteiger partial charge in [0.2, 0.25) is 0 Å². The van der Waals surface area contributed by atoms with Crippen molar-refractivity contribution in [3.05, 3.63) is 82.3 Å². The lowest BCUT2D eigenvalue weighted by Crippen LogP contribution is -2.06. The summed E-state index contributed by atoms with van der Waals surface area (Å²) in [6.07, 6.45) is 0.204. The highest BCUT2D eigenvalue weighted by Gasteiger charge is 2.37. The molecule has 3 aromatic rings. The number of benzene rings is 3. The number of esters is 1. The number of hydrogen-bond acceptors (Lipinski definition) is 2. The van der Waals surface area contributed by atoms with Gasteiger partial charge in [0, 0.05) is 10.4 Å². The standard InChI is InChI=1S/C20H15BrO2/c21-15-10-8-14(9-11-15)20-18(12-19(22)23-20)17-7-3-5-13-4-1-2-6-16(13)17/h1-11,18,20H,12H2/t18-,20+/m1/s1. The van der Waals surface area contributed by atoms with Gasteiger partial charge in [0.1, 0.15) is 6.10 Å². The van der Waals surface area contributed by atoms with Gasteiger partial charge in [0.25, 0.3) is 0 Å². The van der Waals surface area contributed by atoms with Crippen LogP contribution in [0.2, 0.25) is 0 Å². The number of rotatable bonds is 2. The zero-order chi connectivity index (χ0) is 15.8. The normalized spacial score (nSPS) is 20.7. The average Bonchev–Trinajstić information content (AvgIpc) is 2.96. The summed E-state index contributed by atoms with van der Waals surface area (Å²) in [6, 6.07) is 22.6. The zero-order valence-electron chi connectivity index (χ0n) is 12.4. The number of fused-ring (bicyclic) bond motifs is 1. The summed E-state index contributed by atoms with van der Waals surface area (Å²) in [5.41, 5.74) is 2.22. The van der Waals surface area contributed by atoms with Crippen molar-refractivity contribution in [3.63, 3.8) is 0 Å². The lowest BCUT2D eigenvalue weighted by Gasteiger charge is -2.20. The van der Waals surface area contributed by atoms with E-state index in [9.17, 15) is 4.79 Å². The molecule has 4 rings (SSSR count). The highest BCUT2D eigenvalue weighted by atomic mass is 79.9. The Bertz CT molecular complexity index is 865. The van der Waals surface area contributed by atoms with Crippen LogP contribution in [-0.4, -0.2) is 5.97 Å². The molecule has 0 aliphatic carbocycles. The van der Waals surface area contributed by atoms with Crippen LogP contribution in [0, 0.1) is 0 Å². The predicted octanol–water partition coefficient (Wildman–Crippen LogP) is 5.37. The maximum Gasteiger partial charge on any atom is 0.307 e. The van der Waals surface area contributed by atoms with Crippen LogP contribution in [0.5, 0.6) is 0 Å². The zero-order valence-corrected chi connectivity index (χ0v) is 14.0. The van der Waals surface area contributed by atoms with E-state index < -0.39 is 0 Å². The Morgan fingerprint density at radius 1 is 0.913 bits per heavy atom. The molecule has 1 heterocycles. The van der Waals surface area contributed by atoms with Gasteiger partial charge in [0.05, 0.1) is 6.42 Å². The molecule has 0 N–H and O–H groups in total. The van der Waals surface area contributed by atoms with Crippen LogP contribution in [0.15, 0.2) is 71.2 Å². The van der Waals surface area contributed by atoms with E-state index in [4.69, 9.17) is 4.74 Å². The Hall–Kier alpha value is -2.13. The highest BCUT2D eigenvalue weighted by molar-refractivity contribution is 9.10. The van der Waals surface area contributed by atoms with Gasteiger partial charge in [-0.3, -0.25) is 4.79 Å². The van der Waals surface area contributed by atoms with E-state index in [0.29, 0.717) is 6.42 Å². The molecule has 1 aliphatic heterocycles. The van der Waals surface area contributed by atoms with Crippen LogP contribution in [-0.2, 0) is 9.53 Å². The van der Waals surface area contributed by atoms with Crippen LogP contribution in [0.1, 0.15) is 29.6 Å². The van der Waals surface area contributed by atoms with Crippen molar-refractivity contribution < 1.29 is 9.53 Å². The van der Waals surface area contributed by atoms with Crippen LogP contribution in [0.4, 0.5) is 0 Å². The molecule has 0 amide bonds. The molecular formula is C20H15BrO2. The van der Waals surface area contributed by atoms with E-state index in [2.05, 4.69) is 46.3 Å². The number of ether oxygens (including phenoxy) is 1. The van der Waals surface area contributed by atoms with Gasteiger partial charge in [-0.1, -0.05) is 70.5 Å². The molecule has 0 radical (unpaired) electrons. The van der Waals surface area contributed by atoms with Crippen LogP contribution in [0.25, 0.3) is 10.8 Å². The minimum atomic E-state index is -0.221. The Kier molecular flexibility index (Phi) is 3.66. The van der Waals surface area contributed by atoms with E-state index in [1.54, 1.807) is 0 Å². The fourth-order valence-corrected chi connectivity index (χ4v) is 3.62. The molecular weight excluding hydrogens is 352 g/mol. The molecule has 2 nitrogen and oxygen atoms in total. The Morgan fingerprint density at radius 2 is 1.65 bits per heavy atom. The summed E-state index contributed by atoms with van der Waals surface area (Å²) in [6.45, 7) is 0.